The highest BCUT2D eigenvalue weighted by atomic mass is 14.9. The first-order chi connectivity index (χ1) is 6.14. The van der Waals surface area contributed by atoms with Crippen molar-refractivity contribution in [1.82, 2.24) is 5.32 Å². The van der Waals surface area contributed by atoms with E-state index in [0.717, 1.165) is 12.5 Å². The molecule has 1 rings (SSSR count). The maximum absolute atomic E-state index is 5.41. The molecule has 0 aromatic carbocycles. The number of nitrogens with one attached hydrogen (secondary N) is 1. The van der Waals surface area contributed by atoms with E-state index in [4.69, 9.17) is 6.42 Å². The second-order valence-electron chi connectivity index (χ2n) is 4.65. The van der Waals surface area contributed by atoms with Gasteiger partial charge in [-0.15, -0.1) is 6.42 Å². The van der Waals surface area contributed by atoms with Crippen LogP contribution < -0.4 is 5.32 Å². The third kappa shape index (κ3) is 3.83. The van der Waals surface area contributed by atoms with Gasteiger partial charge in [-0.25, -0.2) is 0 Å². The van der Waals surface area contributed by atoms with Gasteiger partial charge >= 0.3 is 0 Å². The Labute approximate surface area is 82.3 Å². The lowest BCUT2D eigenvalue weighted by Gasteiger charge is -2.26. The minimum absolute atomic E-state index is 0.128. The van der Waals surface area contributed by atoms with Crippen LogP contribution in [0.15, 0.2) is 0 Å². The van der Waals surface area contributed by atoms with Crippen molar-refractivity contribution < 1.29 is 0 Å². The first-order valence-electron chi connectivity index (χ1n) is 5.37. The molecule has 1 nitrogen and oxygen atoms in total. The third-order valence-electron chi connectivity index (χ3n) is 2.92. The molecule has 13 heavy (non-hydrogen) atoms. The van der Waals surface area contributed by atoms with E-state index in [-0.39, 0.29) is 5.54 Å². The highest BCUT2D eigenvalue weighted by molar-refractivity contribution is 5.07. The summed E-state index contributed by atoms with van der Waals surface area (Å²) in [6.07, 6.45) is 12.4. The van der Waals surface area contributed by atoms with Crippen molar-refractivity contribution in [2.24, 2.45) is 5.92 Å². The molecule has 0 spiro atoms. The predicted molar refractivity (Wildman–Crippen MR) is 57.5 cm³/mol. The van der Waals surface area contributed by atoms with Crippen LogP contribution in [0.1, 0.15) is 46.0 Å². The summed E-state index contributed by atoms with van der Waals surface area (Å²) >= 11 is 0. The highest BCUT2D eigenvalue weighted by Gasteiger charge is 2.17. The summed E-state index contributed by atoms with van der Waals surface area (Å²) in [5.41, 5.74) is -0.128. The summed E-state index contributed by atoms with van der Waals surface area (Å²) in [4.78, 5) is 0. The van der Waals surface area contributed by atoms with Crippen molar-refractivity contribution in [3.63, 3.8) is 0 Å². The first kappa shape index (κ1) is 10.6. The van der Waals surface area contributed by atoms with Crippen molar-refractivity contribution >= 4 is 0 Å². The van der Waals surface area contributed by atoms with Gasteiger partial charge in [-0.3, -0.25) is 0 Å². The fourth-order valence-corrected chi connectivity index (χ4v) is 1.84. The van der Waals surface area contributed by atoms with Gasteiger partial charge in [0.05, 0.1) is 5.54 Å². The van der Waals surface area contributed by atoms with Crippen molar-refractivity contribution in [1.29, 1.82) is 0 Å². The molecule has 1 aliphatic carbocycles. The number of hydrogen-bond acceptors (Lipinski definition) is 1. The zero-order valence-corrected chi connectivity index (χ0v) is 8.90. The molecule has 0 bridgehead atoms. The topological polar surface area (TPSA) is 12.0 Å². The second-order valence-corrected chi connectivity index (χ2v) is 4.65. The Hall–Kier alpha value is -0.480. The zero-order valence-electron chi connectivity index (χ0n) is 8.90. The average molecular weight is 179 g/mol. The number of hydrogen-bond donors (Lipinski definition) is 1. The Morgan fingerprint density at radius 2 is 1.92 bits per heavy atom. The largest absolute Gasteiger partial charge is 0.301 e. The summed E-state index contributed by atoms with van der Waals surface area (Å²) in [6.45, 7) is 5.23. The van der Waals surface area contributed by atoms with Crippen LogP contribution in [0.3, 0.4) is 0 Å². The van der Waals surface area contributed by atoms with E-state index in [9.17, 15) is 0 Å². The van der Waals surface area contributed by atoms with Crippen LogP contribution >= 0.6 is 0 Å². The summed E-state index contributed by atoms with van der Waals surface area (Å²) < 4.78 is 0. The van der Waals surface area contributed by atoms with Gasteiger partial charge in [-0.1, -0.05) is 25.2 Å². The fourth-order valence-electron chi connectivity index (χ4n) is 1.84. The van der Waals surface area contributed by atoms with Crippen LogP contribution in [0.4, 0.5) is 0 Å². The van der Waals surface area contributed by atoms with E-state index >= 15 is 0 Å². The Balaban J connectivity index is 2.22. The lowest BCUT2D eigenvalue weighted by molar-refractivity contribution is 0.319. The molecule has 1 N–H and O–H groups in total. The van der Waals surface area contributed by atoms with Gasteiger partial charge in [-0.05, 0) is 39.2 Å². The zero-order chi connectivity index (χ0) is 9.73. The van der Waals surface area contributed by atoms with E-state index in [1.165, 1.54) is 32.1 Å². The van der Waals surface area contributed by atoms with Crippen molar-refractivity contribution in [3.8, 4) is 12.3 Å². The van der Waals surface area contributed by atoms with Gasteiger partial charge in [-0.2, -0.15) is 0 Å². The summed E-state index contributed by atoms with van der Waals surface area (Å²) in [5.74, 6) is 3.63. The van der Waals surface area contributed by atoms with Crippen LogP contribution in [0.5, 0.6) is 0 Å². The first-order valence-corrected chi connectivity index (χ1v) is 5.37. The molecule has 0 aliphatic heterocycles. The molecule has 0 amide bonds. The van der Waals surface area contributed by atoms with E-state index < -0.39 is 0 Å². The van der Waals surface area contributed by atoms with Crippen molar-refractivity contribution in [3.05, 3.63) is 0 Å². The minimum atomic E-state index is -0.128. The van der Waals surface area contributed by atoms with Crippen LogP contribution in [0.2, 0.25) is 0 Å². The van der Waals surface area contributed by atoms with Crippen molar-refractivity contribution in [2.45, 2.75) is 51.5 Å². The van der Waals surface area contributed by atoms with Crippen LogP contribution in [0.25, 0.3) is 0 Å². The van der Waals surface area contributed by atoms with E-state index in [1.807, 2.05) is 0 Å². The van der Waals surface area contributed by atoms with Gasteiger partial charge in [0.1, 0.15) is 0 Å². The Morgan fingerprint density at radius 1 is 1.31 bits per heavy atom. The van der Waals surface area contributed by atoms with Crippen LogP contribution in [-0.2, 0) is 0 Å². The molecule has 0 heterocycles. The summed E-state index contributed by atoms with van der Waals surface area (Å²) in [6, 6.07) is 0. The molecule has 1 fully saturated rings. The standard InChI is InChI=1S/C12H21N/c1-4-12(2,3)13-10-11-8-6-5-7-9-11/h1,11,13H,5-10H2,2-3H3. The highest BCUT2D eigenvalue weighted by Crippen LogP contribution is 2.23. The average Bonchev–Trinajstić information content (AvgIpc) is 2.17. The predicted octanol–water partition coefficient (Wildman–Crippen LogP) is 2.57. The molecule has 0 aromatic rings. The molecular weight excluding hydrogens is 158 g/mol. The fraction of sp³-hybridized carbons (Fsp3) is 0.833. The van der Waals surface area contributed by atoms with Gasteiger partial charge in [0.15, 0.2) is 0 Å². The molecular formula is C12H21N. The van der Waals surface area contributed by atoms with Crippen LogP contribution in [-0.4, -0.2) is 12.1 Å². The van der Waals surface area contributed by atoms with E-state index in [1.54, 1.807) is 0 Å². The molecule has 1 heteroatoms. The second kappa shape index (κ2) is 4.67. The third-order valence-corrected chi connectivity index (χ3v) is 2.92. The molecule has 1 aliphatic rings. The van der Waals surface area contributed by atoms with Gasteiger partial charge in [0, 0.05) is 0 Å². The smallest absolute Gasteiger partial charge is 0.0741 e. The summed E-state index contributed by atoms with van der Waals surface area (Å²) in [5, 5.41) is 3.44. The molecule has 0 atom stereocenters. The molecule has 0 saturated heterocycles. The molecule has 0 aromatic heterocycles. The monoisotopic (exact) mass is 179 g/mol. The molecule has 0 radical (unpaired) electrons. The lowest BCUT2D eigenvalue weighted by atomic mass is 9.88. The SMILES string of the molecule is C#CC(C)(C)NCC1CCCCC1. The summed E-state index contributed by atoms with van der Waals surface area (Å²) in [7, 11) is 0. The van der Waals surface area contributed by atoms with E-state index in [0.29, 0.717) is 0 Å². The lowest BCUT2D eigenvalue weighted by Crippen LogP contribution is -2.40. The molecule has 74 valence electrons. The minimum Gasteiger partial charge on any atom is -0.301 e. The van der Waals surface area contributed by atoms with Gasteiger partial charge in [0.25, 0.3) is 0 Å². The quantitative estimate of drug-likeness (QED) is 0.657. The maximum Gasteiger partial charge on any atom is 0.0741 e. The number of terminal acetylenes is 1. The normalized spacial score (nSPS) is 19.8. The van der Waals surface area contributed by atoms with Crippen LogP contribution in [0, 0.1) is 18.3 Å². The molecule has 1 saturated carbocycles. The van der Waals surface area contributed by atoms with Gasteiger partial charge < -0.3 is 5.32 Å². The Morgan fingerprint density at radius 3 is 2.46 bits per heavy atom. The maximum atomic E-state index is 5.41. The molecule has 0 unspecified atom stereocenters. The number of rotatable bonds is 3. The van der Waals surface area contributed by atoms with Gasteiger partial charge in [0.2, 0.25) is 0 Å². The van der Waals surface area contributed by atoms with E-state index in [2.05, 4.69) is 25.1 Å². The Kier molecular flexibility index (Phi) is 3.81. The Bertz CT molecular complexity index is 182. The van der Waals surface area contributed by atoms with Crippen molar-refractivity contribution in [2.75, 3.05) is 6.54 Å².